The van der Waals surface area contributed by atoms with E-state index in [1.165, 1.54) is 0 Å². The first-order chi connectivity index (χ1) is 8.16. The standard InChI is InChI=1S/C12H16N2OS2/c13-12(16)9-3-1-5-14(8-9)11(15)7-10-4-2-6-17-10/h2,4,6,9H,1,3,5,7-8H2,(H2,13,16). The number of nitrogens with zero attached hydrogens (tertiary/aromatic N) is 1. The van der Waals surface area contributed by atoms with Crippen LogP contribution in [0.4, 0.5) is 0 Å². The predicted molar refractivity (Wildman–Crippen MR) is 74.1 cm³/mol. The molecule has 17 heavy (non-hydrogen) atoms. The van der Waals surface area contributed by atoms with Crippen LogP contribution in [0.15, 0.2) is 17.5 Å². The van der Waals surface area contributed by atoms with Crippen molar-refractivity contribution in [2.24, 2.45) is 11.7 Å². The maximum Gasteiger partial charge on any atom is 0.227 e. The second-order valence-electron chi connectivity index (χ2n) is 4.34. The van der Waals surface area contributed by atoms with Gasteiger partial charge in [0.25, 0.3) is 0 Å². The van der Waals surface area contributed by atoms with E-state index in [0.29, 0.717) is 18.0 Å². The topological polar surface area (TPSA) is 46.3 Å². The van der Waals surface area contributed by atoms with Gasteiger partial charge in [-0.2, -0.15) is 0 Å². The first-order valence-corrected chi connectivity index (χ1v) is 7.05. The third-order valence-corrected chi connectivity index (χ3v) is 4.29. The van der Waals surface area contributed by atoms with Crippen LogP contribution in [0.25, 0.3) is 0 Å². The van der Waals surface area contributed by atoms with Gasteiger partial charge in [0.1, 0.15) is 0 Å². The molecule has 1 atom stereocenters. The van der Waals surface area contributed by atoms with Crippen molar-refractivity contribution < 1.29 is 4.79 Å². The van der Waals surface area contributed by atoms with Gasteiger partial charge in [-0.1, -0.05) is 18.3 Å². The van der Waals surface area contributed by atoms with Gasteiger partial charge in [-0.3, -0.25) is 4.79 Å². The normalized spacial score (nSPS) is 20.2. The van der Waals surface area contributed by atoms with E-state index in [0.717, 1.165) is 24.3 Å². The molecule has 0 spiro atoms. The molecule has 0 saturated carbocycles. The summed E-state index contributed by atoms with van der Waals surface area (Å²) >= 11 is 6.64. The molecule has 92 valence electrons. The lowest BCUT2D eigenvalue weighted by Gasteiger charge is -2.32. The average Bonchev–Trinajstić information content (AvgIpc) is 2.82. The van der Waals surface area contributed by atoms with Crippen LogP contribution in [0.1, 0.15) is 17.7 Å². The number of hydrogen-bond donors (Lipinski definition) is 1. The Kier molecular flexibility index (Phi) is 4.12. The lowest BCUT2D eigenvalue weighted by atomic mass is 9.98. The predicted octanol–water partition coefficient (Wildman–Crippen LogP) is 1.82. The summed E-state index contributed by atoms with van der Waals surface area (Å²) in [5.41, 5.74) is 5.66. The fraction of sp³-hybridized carbons (Fsp3) is 0.500. The Morgan fingerprint density at radius 3 is 3.12 bits per heavy atom. The first-order valence-electron chi connectivity index (χ1n) is 5.76. The van der Waals surface area contributed by atoms with Gasteiger partial charge in [0.2, 0.25) is 5.91 Å². The molecule has 1 amide bonds. The number of rotatable bonds is 3. The highest BCUT2D eigenvalue weighted by molar-refractivity contribution is 7.80. The number of carbonyl (C=O) groups is 1. The van der Waals surface area contributed by atoms with Crippen molar-refractivity contribution in [1.82, 2.24) is 4.90 Å². The van der Waals surface area contributed by atoms with E-state index in [9.17, 15) is 4.79 Å². The van der Waals surface area contributed by atoms with E-state index in [2.05, 4.69) is 0 Å². The quantitative estimate of drug-likeness (QED) is 0.851. The maximum atomic E-state index is 12.1. The van der Waals surface area contributed by atoms with Crippen molar-refractivity contribution in [3.63, 3.8) is 0 Å². The Balaban J connectivity index is 1.93. The molecular weight excluding hydrogens is 252 g/mol. The highest BCUT2D eigenvalue weighted by atomic mass is 32.1. The van der Waals surface area contributed by atoms with Gasteiger partial charge in [-0.05, 0) is 24.3 Å². The van der Waals surface area contributed by atoms with Crippen molar-refractivity contribution in [3.05, 3.63) is 22.4 Å². The minimum atomic E-state index is 0.188. The van der Waals surface area contributed by atoms with E-state index in [1.54, 1.807) is 11.3 Å². The van der Waals surface area contributed by atoms with E-state index in [1.807, 2.05) is 22.4 Å². The number of nitrogens with two attached hydrogens (primary N) is 1. The third-order valence-electron chi connectivity index (χ3n) is 3.08. The minimum absolute atomic E-state index is 0.188. The van der Waals surface area contributed by atoms with Gasteiger partial charge < -0.3 is 10.6 Å². The number of carbonyl (C=O) groups excluding carboxylic acids is 1. The Bertz CT molecular complexity index is 403. The van der Waals surface area contributed by atoms with Crippen molar-refractivity contribution in [2.45, 2.75) is 19.3 Å². The summed E-state index contributed by atoms with van der Waals surface area (Å²) in [6.45, 7) is 1.53. The van der Waals surface area contributed by atoms with Gasteiger partial charge in [0.05, 0.1) is 11.4 Å². The molecule has 0 aliphatic carbocycles. The number of likely N-dealkylation sites (tertiary alicyclic amines) is 1. The molecule has 1 unspecified atom stereocenters. The van der Waals surface area contributed by atoms with Gasteiger partial charge in [-0.25, -0.2) is 0 Å². The lowest BCUT2D eigenvalue weighted by molar-refractivity contribution is -0.131. The molecule has 1 aromatic heterocycles. The van der Waals surface area contributed by atoms with E-state index >= 15 is 0 Å². The molecule has 2 heterocycles. The highest BCUT2D eigenvalue weighted by Gasteiger charge is 2.25. The lowest BCUT2D eigenvalue weighted by Crippen LogP contribution is -2.44. The summed E-state index contributed by atoms with van der Waals surface area (Å²) in [6.07, 6.45) is 2.51. The van der Waals surface area contributed by atoms with Crippen LogP contribution in [-0.2, 0) is 11.2 Å². The highest BCUT2D eigenvalue weighted by Crippen LogP contribution is 2.18. The zero-order chi connectivity index (χ0) is 12.3. The molecular formula is C12H16N2OS2. The molecule has 0 aromatic carbocycles. The monoisotopic (exact) mass is 268 g/mol. The van der Waals surface area contributed by atoms with E-state index in [4.69, 9.17) is 18.0 Å². The Labute approximate surface area is 111 Å². The number of thiocarbonyl (C=S) groups is 1. The maximum absolute atomic E-state index is 12.1. The van der Waals surface area contributed by atoms with E-state index < -0.39 is 0 Å². The van der Waals surface area contributed by atoms with Crippen LogP contribution in [-0.4, -0.2) is 28.9 Å². The van der Waals surface area contributed by atoms with Gasteiger partial charge in [-0.15, -0.1) is 11.3 Å². The summed E-state index contributed by atoms with van der Waals surface area (Å²) in [4.78, 5) is 15.6. The molecule has 1 saturated heterocycles. The summed E-state index contributed by atoms with van der Waals surface area (Å²) in [7, 11) is 0. The van der Waals surface area contributed by atoms with Crippen LogP contribution in [0.5, 0.6) is 0 Å². The van der Waals surface area contributed by atoms with Gasteiger partial charge >= 0.3 is 0 Å². The van der Waals surface area contributed by atoms with Crippen molar-refractivity contribution in [1.29, 1.82) is 0 Å². The molecule has 5 heteroatoms. The number of thiophene rings is 1. The smallest absolute Gasteiger partial charge is 0.227 e. The number of piperidine rings is 1. The number of hydrogen-bond acceptors (Lipinski definition) is 3. The van der Waals surface area contributed by atoms with Gasteiger partial charge in [0, 0.05) is 23.9 Å². The Morgan fingerprint density at radius 1 is 1.65 bits per heavy atom. The van der Waals surface area contributed by atoms with Crippen molar-refractivity contribution in [2.75, 3.05) is 13.1 Å². The largest absolute Gasteiger partial charge is 0.393 e. The molecule has 1 aliphatic rings. The molecule has 0 bridgehead atoms. The zero-order valence-electron chi connectivity index (χ0n) is 9.59. The second-order valence-corrected chi connectivity index (χ2v) is 5.84. The SMILES string of the molecule is NC(=S)C1CCCN(C(=O)Cc2cccs2)C1. The van der Waals surface area contributed by atoms with Crippen LogP contribution in [0.3, 0.4) is 0 Å². The van der Waals surface area contributed by atoms with Gasteiger partial charge in [0.15, 0.2) is 0 Å². The molecule has 1 aliphatic heterocycles. The van der Waals surface area contributed by atoms with Crippen LogP contribution in [0, 0.1) is 5.92 Å². The second kappa shape index (κ2) is 5.60. The molecule has 2 rings (SSSR count). The zero-order valence-corrected chi connectivity index (χ0v) is 11.2. The molecule has 2 N–H and O–H groups in total. The summed E-state index contributed by atoms with van der Waals surface area (Å²) in [5.74, 6) is 0.388. The number of amides is 1. The molecule has 0 radical (unpaired) electrons. The average molecular weight is 268 g/mol. The molecule has 1 aromatic rings. The van der Waals surface area contributed by atoms with Crippen molar-refractivity contribution in [3.8, 4) is 0 Å². The Hall–Kier alpha value is -0.940. The fourth-order valence-electron chi connectivity index (χ4n) is 2.11. The van der Waals surface area contributed by atoms with Crippen LogP contribution in [0.2, 0.25) is 0 Å². The Morgan fingerprint density at radius 2 is 2.47 bits per heavy atom. The third kappa shape index (κ3) is 3.26. The molecule has 1 fully saturated rings. The minimum Gasteiger partial charge on any atom is -0.393 e. The summed E-state index contributed by atoms with van der Waals surface area (Å²) in [6, 6.07) is 3.97. The summed E-state index contributed by atoms with van der Waals surface area (Å²) < 4.78 is 0. The summed E-state index contributed by atoms with van der Waals surface area (Å²) in [5, 5.41) is 2.00. The van der Waals surface area contributed by atoms with E-state index in [-0.39, 0.29) is 11.8 Å². The first kappa shape index (κ1) is 12.5. The fourth-order valence-corrected chi connectivity index (χ4v) is 3.00. The van der Waals surface area contributed by atoms with Crippen molar-refractivity contribution >= 4 is 34.5 Å². The van der Waals surface area contributed by atoms with Crippen LogP contribution >= 0.6 is 23.6 Å². The molecule has 3 nitrogen and oxygen atoms in total. The van der Waals surface area contributed by atoms with Crippen LogP contribution < -0.4 is 5.73 Å².